The molecule has 3 nitrogen and oxygen atoms in total. The molecule has 0 saturated carbocycles. The molecule has 0 N–H and O–H groups in total. The zero-order chi connectivity index (χ0) is 15.4. The molecule has 0 radical (unpaired) electrons. The Kier molecular flexibility index (Phi) is 3.97. The van der Waals surface area contributed by atoms with Crippen molar-refractivity contribution in [3.63, 3.8) is 0 Å². The summed E-state index contributed by atoms with van der Waals surface area (Å²) >= 11 is 0. The van der Waals surface area contributed by atoms with Crippen molar-refractivity contribution in [1.29, 1.82) is 0 Å². The van der Waals surface area contributed by atoms with Crippen LogP contribution in [0.4, 0.5) is 0 Å². The fourth-order valence-electron chi connectivity index (χ4n) is 2.05. The highest BCUT2D eigenvalue weighted by Crippen LogP contribution is 2.17. The van der Waals surface area contributed by atoms with Crippen molar-refractivity contribution in [3.05, 3.63) is 83.1 Å². The van der Waals surface area contributed by atoms with E-state index in [0.717, 1.165) is 11.1 Å². The Morgan fingerprint density at radius 3 is 2.36 bits per heavy atom. The number of carbonyl (C=O) groups excluding carboxylic acids is 1. The molecule has 22 heavy (non-hydrogen) atoms. The first-order valence-electron chi connectivity index (χ1n) is 7.03. The molecule has 108 valence electrons. The summed E-state index contributed by atoms with van der Waals surface area (Å²) in [5, 5.41) is 0. The van der Waals surface area contributed by atoms with Crippen LogP contribution in [0.1, 0.15) is 16.7 Å². The fraction of sp³-hybridized carbons (Fsp3) is 0.0526. The van der Waals surface area contributed by atoms with Crippen LogP contribution in [0.2, 0.25) is 0 Å². The molecule has 3 heteroatoms. The molecule has 0 aromatic heterocycles. The molecule has 1 aliphatic heterocycles. The van der Waals surface area contributed by atoms with E-state index in [1.165, 1.54) is 5.56 Å². The molecular weight excluding hydrogens is 274 g/mol. The third kappa shape index (κ3) is 3.38. The summed E-state index contributed by atoms with van der Waals surface area (Å²) in [4.78, 5) is 16.0. The predicted octanol–water partition coefficient (Wildman–Crippen LogP) is 4.00. The minimum atomic E-state index is -0.423. The van der Waals surface area contributed by atoms with Gasteiger partial charge in [0.25, 0.3) is 0 Å². The monoisotopic (exact) mass is 289 g/mol. The first-order chi connectivity index (χ1) is 10.7. The second-order valence-electron chi connectivity index (χ2n) is 5.02. The zero-order valence-electron chi connectivity index (χ0n) is 12.2. The van der Waals surface area contributed by atoms with Gasteiger partial charge in [0.1, 0.15) is 0 Å². The van der Waals surface area contributed by atoms with Crippen LogP contribution >= 0.6 is 0 Å². The van der Waals surface area contributed by atoms with E-state index in [-0.39, 0.29) is 0 Å². The van der Waals surface area contributed by atoms with Crippen molar-refractivity contribution in [1.82, 2.24) is 0 Å². The van der Waals surface area contributed by atoms with Crippen LogP contribution in [-0.2, 0) is 9.53 Å². The molecule has 0 spiro atoms. The maximum absolute atomic E-state index is 11.8. The third-order valence-corrected chi connectivity index (χ3v) is 3.24. The van der Waals surface area contributed by atoms with Crippen LogP contribution in [0.15, 0.2) is 71.4 Å². The van der Waals surface area contributed by atoms with E-state index in [4.69, 9.17) is 4.74 Å². The van der Waals surface area contributed by atoms with Gasteiger partial charge < -0.3 is 4.74 Å². The van der Waals surface area contributed by atoms with Gasteiger partial charge in [0.05, 0.1) is 0 Å². The number of aliphatic imine (C=N–C) groups is 1. The number of aryl methyl sites for hydroxylation is 1. The lowest BCUT2D eigenvalue weighted by Gasteiger charge is -1.95. The number of rotatable bonds is 3. The predicted molar refractivity (Wildman–Crippen MR) is 88.2 cm³/mol. The van der Waals surface area contributed by atoms with Crippen LogP contribution < -0.4 is 0 Å². The van der Waals surface area contributed by atoms with Crippen molar-refractivity contribution in [2.24, 2.45) is 4.99 Å². The smallest absolute Gasteiger partial charge is 0.363 e. The number of ether oxygens (including phenoxy) is 1. The van der Waals surface area contributed by atoms with Gasteiger partial charge in [0.15, 0.2) is 5.70 Å². The number of nitrogens with zero attached hydrogens (tertiary/aromatic N) is 1. The molecule has 1 aliphatic rings. The summed E-state index contributed by atoms with van der Waals surface area (Å²) in [7, 11) is 0. The van der Waals surface area contributed by atoms with Crippen LogP contribution in [0, 0.1) is 6.92 Å². The summed E-state index contributed by atoms with van der Waals surface area (Å²) in [6.45, 7) is 2.02. The molecule has 3 rings (SSSR count). The van der Waals surface area contributed by atoms with Gasteiger partial charge in [-0.15, -0.1) is 0 Å². The average Bonchev–Trinajstić information content (AvgIpc) is 2.89. The highest BCUT2D eigenvalue weighted by Gasteiger charge is 2.20. The number of carbonyl (C=O) groups is 1. The largest absolute Gasteiger partial charge is 0.403 e. The van der Waals surface area contributed by atoms with Gasteiger partial charge in [-0.3, -0.25) is 0 Å². The second-order valence-corrected chi connectivity index (χ2v) is 5.02. The molecule has 2 aromatic rings. The Morgan fingerprint density at radius 1 is 0.909 bits per heavy atom. The summed E-state index contributed by atoms with van der Waals surface area (Å²) in [5.74, 6) is -0.111. The first-order valence-corrected chi connectivity index (χ1v) is 7.03. The maximum atomic E-state index is 11.8. The average molecular weight is 289 g/mol. The highest BCUT2D eigenvalue weighted by molar-refractivity contribution is 6.11. The lowest BCUT2D eigenvalue weighted by Crippen LogP contribution is -2.01. The van der Waals surface area contributed by atoms with Gasteiger partial charge in [-0.05, 0) is 30.2 Å². The van der Waals surface area contributed by atoms with E-state index in [0.29, 0.717) is 11.6 Å². The molecule has 2 aromatic carbocycles. The number of esters is 1. The quantitative estimate of drug-likeness (QED) is 0.632. The fourth-order valence-corrected chi connectivity index (χ4v) is 2.05. The van der Waals surface area contributed by atoms with Crippen LogP contribution in [0.3, 0.4) is 0 Å². The van der Waals surface area contributed by atoms with Crippen LogP contribution in [0.5, 0.6) is 0 Å². The van der Waals surface area contributed by atoms with Crippen LogP contribution in [-0.4, -0.2) is 11.9 Å². The Labute approximate surface area is 129 Å². The van der Waals surface area contributed by atoms with E-state index in [9.17, 15) is 4.79 Å². The van der Waals surface area contributed by atoms with Gasteiger partial charge in [0, 0.05) is 6.08 Å². The van der Waals surface area contributed by atoms with E-state index in [1.54, 1.807) is 12.2 Å². The van der Waals surface area contributed by atoms with Crippen LogP contribution in [0.25, 0.3) is 12.2 Å². The maximum Gasteiger partial charge on any atom is 0.363 e. The van der Waals surface area contributed by atoms with E-state index in [2.05, 4.69) is 4.99 Å². The van der Waals surface area contributed by atoms with E-state index in [1.807, 2.05) is 67.6 Å². The van der Waals surface area contributed by atoms with Gasteiger partial charge >= 0.3 is 5.97 Å². The first kappa shape index (κ1) is 14.0. The van der Waals surface area contributed by atoms with Gasteiger partial charge in [-0.25, -0.2) is 9.79 Å². The molecule has 1 heterocycles. The summed E-state index contributed by atoms with van der Waals surface area (Å²) in [6.07, 6.45) is 5.29. The SMILES string of the molecule is Cc1ccc(/C=C2N=C(/C=C/c3ccccc3)OC/2=O)cc1. The van der Waals surface area contributed by atoms with Crippen molar-refractivity contribution in [2.75, 3.05) is 0 Å². The minimum Gasteiger partial charge on any atom is -0.403 e. The van der Waals surface area contributed by atoms with E-state index < -0.39 is 5.97 Å². The Bertz CT molecular complexity index is 769. The molecule has 0 saturated heterocycles. The lowest BCUT2D eigenvalue weighted by atomic mass is 10.1. The molecule has 0 bridgehead atoms. The molecule has 0 aliphatic carbocycles. The minimum absolute atomic E-state index is 0.312. The van der Waals surface area contributed by atoms with Gasteiger partial charge in [-0.1, -0.05) is 60.2 Å². The Morgan fingerprint density at radius 2 is 1.64 bits per heavy atom. The molecular formula is C19H15NO2. The Balaban J connectivity index is 1.79. The summed E-state index contributed by atoms with van der Waals surface area (Å²) in [6, 6.07) is 17.7. The van der Waals surface area contributed by atoms with Gasteiger partial charge in [0.2, 0.25) is 5.90 Å². The third-order valence-electron chi connectivity index (χ3n) is 3.24. The molecule has 0 atom stereocenters. The summed E-state index contributed by atoms with van der Waals surface area (Å²) in [5.41, 5.74) is 3.44. The van der Waals surface area contributed by atoms with Crippen molar-refractivity contribution < 1.29 is 9.53 Å². The van der Waals surface area contributed by atoms with Gasteiger partial charge in [-0.2, -0.15) is 0 Å². The Hall–Kier alpha value is -2.94. The van der Waals surface area contributed by atoms with Crippen molar-refractivity contribution in [3.8, 4) is 0 Å². The second kappa shape index (κ2) is 6.22. The molecule has 0 fully saturated rings. The molecule has 0 unspecified atom stereocenters. The van der Waals surface area contributed by atoms with E-state index >= 15 is 0 Å². The van der Waals surface area contributed by atoms with Crippen molar-refractivity contribution in [2.45, 2.75) is 6.92 Å². The molecule has 0 amide bonds. The summed E-state index contributed by atoms with van der Waals surface area (Å²) < 4.78 is 5.15. The zero-order valence-corrected chi connectivity index (χ0v) is 12.2. The standard InChI is InChI=1S/C19H15NO2/c1-14-7-9-16(10-8-14)13-17-19(21)22-18(20-17)12-11-15-5-3-2-4-6-15/h2-13H,1H3/b12-11+,17-13+. The highest BCUT2D eigenvalue weighted by atomic mass is 16.6. The topological polar surface area (TPSA) is 38.7 Å². The number of hydrogen-bond donors (Lipinski definition) is 0. The number of cyclic esters (lactones) is 1. The number of benzene rings is 2. The number of hydrogen-bond acceptors (Lipinski definition) is 3. The van der Waals surface area contributed by atoms with Crippen molar-refractivity contribution >= 4 is 24.0 Å². The normalized spacial score (nSPS) is 16.1. The lowest BCUT2D eigenvalue weighted by molar-refractivity contribution is -0.129.